The molecule has 0 radical (unpaired) electrons. The van der Waals surface area contributed by atoms with Gasteiger partial charge in [0.2, 0.25) is 10.0 Å². The number of fused-ring (bicyclic) bond motifs is 1. The summed E-state index contributed by atoms with van der Waals surface area (Å²) in [5, 5.41) is -0.389. The van der Waals surface area contributed by atoms with Gasteiger partial charge >= 0.3 is 17.8 Å². The molecular formula is C20H16F3NO6S. The predicted molar refractivity (Wildman–Crippen MR) is 104 cm³/mol. The number of rotatable bonds is 5. The van der Waals surface area contributed by atoms with E-state index in [4.69, 9.17) is 9.15 Å². The number of alkyl halides is 3. The second kappa shape index (κ2) is 8.16. The molecule has 1 unspecified atom stereocenters. The lowest BCUT2D eigenvalue weighted by molar-refractivity contribution is -0.137. The van der Waals surface area contributed by atoms with Crippen molar-refractivity contribution in [2.45, 2.75) is 31.0 Å². The second-order valence-corrected chi connectivity index (χ2v) is 8.43. The van der Waals surface area contributed by atoms with Gasteiger partial charge < -0.3 is 9.15 Å². The van der Waals surface area contributed by atoms with Gasteiger partial charge in [-0.3, -0.25) is 0 Å². The average molecular weight is 455 g/mol. The van der Waals surface area contributed by atoms with Crippen LogP contribution in [0.5, 0.6) is 5.75 Å². The number of hydrogen-bond acceptors (Lipinski definition) is 6. The summed E-state index contributed by atoms with van der Waals surface area (Å²) < 4.78 is 76.0. The minimum atomic E-state index is -4.78. The van der Waals surface area contributed by atoms with E-state index in [1.165, 1.54) is 19.1 Å². The van der Waals surface area contributed by atoms with Gasteiger partial charge in [0.25, 0.3) is 0 Å². The fraction of sp³-hybridized carbons (Fsp3) is 0.200. The molecule has 0 aliphatic carbocycles. The first kappa shape index (κ1) is 22.5. The normalized spacial score (nSPS) is 13.2. The van der Waals surface area contributed by atoms with Gasteiger partial charge in [-0.1, -0.05) is 17.7 Å². The van der Waals surface area contributed by atoms with Crippen LogP contribution in [-0.4, -0.2) is 20.4 Å². The quantitative estimate of drug-likeness (QED) is 0.359. The van der Waals surface area contributed by atoms with Crippen LogP contribution in [0.15, 0.2) is 62.6 Å². The first-order valence-electron chi connectivity index (χ1n) is 8.82. The molecule has 1 atom stereocenters. The molecule has 0 saturated heterocycles. The van der Waals surface area contributed by atoms with E-state index in [2.05, 4.69) is 4.72 Å². The third kappa shape index (κ3) is 5.12. The Bertz CT molecular complexity index is 1300. The lowest BCUT2D eigenvalue weighted by atomic mass is 10.1. The smallest absolute Gasteiger partial charge is 0.417 e. The van der Waals surface area contributed by atoms with Crippen molar-refractivity contribution in [2.24, 2.45) is 0 Å². The van der Waals surface area contributed by atoms with E-state index in [-0.39, 0.29) is 16.0 Å². The molecule has 0 fully saturated rings. The number of sulfonamides is 1. The topological polar surface area (TPSA) is 103 Å². The molecule has 0 aliphatic heterocycles. The van der Waals surface area contributed by atoms with Crippen molar-refractivity contribution >= 4 is 27.0 Å². The van der Waals surface area contributed by atoms with Crippen LogP contribution in [0.3, 0.4) is 0 Å². The Morgan fingerprint density at radius 1 is 1.10 bits per heavy atom. The SMILES string of the molecule is Cc1ccc(S(=O)(=O)NC(C)C(=O)Oc2ccc3c(C(F)(F)F)cc(=O)oc3c2)cc1. The first-order valence-corrected chi connectivity index (χ1v) is 10.3. The number of hydrogen-bond donors (Lipinski definition) is 1. The maximum absolute atomic E-state index is 13.1. The maximum Gasteiger partial charge on any atom is 0.417 e. The van der Waals surface area contributed by atoms with Crippen molar-refractivity contribution < 1.29 is 35.5 Å². The van der Waals surface area contributed by atoms with Crippen molar-refractivity contribution in [3.8, 4) is 5.75 Å². The zero-order valence-electron chi connectivity index (χ0n) is 16.2. The third-order valence-corrected chi connectivity index (χ3v) is 5.81. The summed E-state index contributed by atoms with van der Waals surface area (Å²) in [5.74, 6) is -1.23. The number of esters is 1. The standard InChI is InChI=1S/C20H16F3NO6S/c1-11-3-6-14(7-4-11)31(27,28)24-12(2)19(26)29-13-5-8-15-16(20(21,22)23)10-18(25)30-17(15)9-13/h3-10,12,24H,1-2H3. The molecule has 1 N–H and O–H groups in total. The molecule has 0 aliphatic rings. The molecule has 1 aromatic heterocycles. The molecule has 1 heterocycles. The molecule has 11 heteroatoms. The van der Waals surface area contributed by atoms with Crippen molar-refractivity contribution in [1.29, 1.82) is 0 Å². The van der Waals surface area contributed by atoms with Crippen molar-refractivity contribution in [1.82, 2.24) is 4.72 Å². The monoisotopic (exact) mass is 455 g/mol. The number of nitrogens with one attached hydrogen (secondary N) is 1. The zero-order valence-corrected chi connectivity index (χ0v) is 17.0. The highest BCUT2D eigenvalue weighted by Crippen LogP contribution is 2.34. The second-order valence-electron chi connectivity index (χ2n) is 6.71. The van der Waals surface area contributed by atoms with Gasteiger partial charge in [-0.2, -0.15) is 17.9 Å². The summed E-state index contributed by atoms with van der Waals surface area (Å²) in [6.45, 7) is 3.03. The van der Waals surface area contributed by atoms with Gasteiger partial charge in [-0.15, -0.1) is 0 Å². The summed E-state index contributed by atoms with van der Waals surface area (Å²) in [5.41, 5.74) is -1.99. The number of carbonyl (C=O) groups is 1. The van der Waals surface area contributed by atoms with Crippen molar-refractivity contribution in [3.63, 3.8) is 0 Å². The zero-order chi connectivity index (χ0) is 23.0. The van der Waals surface area contributed by atoms with Crippen LogP contribution in [0.4, 0.5) is 13.2 Å². The summed E-state index contributed by atoms with van der Waals surface area (Å²) in [6.07, 6.45) is -4.78. The minimum Gasteiger partial charge on any atom is -0.425 e. The van der Waals surface area contributed by atoms with E-state index in [0.29, 0.717) is 6.07 Å². The van der Waals surface area contributed by atoms with Crippen molar-refractivity contribution in [2.75, 3.05) is 0 Å². The van der Waals surface area contributed by atoms with Crippen LogP contribution in [0.25, 0.3) is 11.0 Å². The maximum atomic E-state index is 13.1. The van der Waals surface area contributed by atoms with E-state index in [1.807, 2.05) is 0 Å². The molecule has 31 heavy (non-hydrogen) atoms. The molecule has 0 spiro atoms. The minimum absolute atomic E-state index is 0.0510. The Morgan fingerprint density at radius 3 is 2.35 bits per heavy atom. The lowest BCUT2D eigenvalue weighted by Crippen LogP contribution is -2.40. The largest absolute Gasteiger partial charge is 0.425 e. The van der Waals surface area contributed by atoms with Crippen LogP contribution < -0.4 is 15.1 Å². The summed E-state index contributed by atoms with van der Waals surface area (Å²) in [6, 6.07) is 7.97. The van der Waals surface area contributed by atoms with Crippen LogP contribution in [-0.2, 0) is 21.0 Å². The Balaban J connectivity index is 1.81. The van der Waals surface area contributed by atoms with Gasteiger partial charge in [0.1, 0.15) is 17.4 Å². The van der Waals surface area contributed by atoms with E-state index in [9.17, 15) is 31.2 Å². The Morgan fingerprint density at radius 2 is 1.74 bits per heavy atom. The molecule has 2 aromatic carbocycles. The predicted octanol–water partition coefficient (Wildman–Crippen LogP) is 3.39. The van der Waals surface area contributed by atoms with Gasteiger partial charge in [-0.25, -0.2) is 18.0 Å². The van der Waals surface area contributed by atoms with E-state index in [0.717, 1.165) is 23.8 Å². The third-order valence-electron chi connectivity index (χ3n) is 4.26. The summed E-state index contributed by atoms with van der Waals surface area (Å²) in [7, 11) is -4.01. The van der Waals surface area contributed by atoms with E-state index in [1.54, 1.807) is 19.1 Å². The molecule has 164 valence electrons. The molecule has 7 nitrogen and oxygen atoms in total. The average Bonchev–Trinajstić information content (AvgIpc) is 2.66. The molecular weight excluding hydrogens is 439 g/mol. The molecule has 0 bridgehead atoms. The molecule has 3 rings (SSSR count). The highest BCUT2D eigenvalue weighted by Gasteiger charge is 2.34. The Kier molecular flexibility index (Phi) is 5.92. The Labute approximate surface area is 174 Å². The number of ether oxygens (including phenoxy) is 1. The molecule has 0 amide bonds. The van der Waals surface area contributed by atoms with Crippen LogP contribution in [0.1, 0.15) is 18.1 Å². The molecule has 3 aromatic rings. The summed E-state index contributed by atoms with van der Waals surface area (Å²) >= 11 is 0. The van der Waals surface area contributed by atoms with Gasteiger partial charge in [0.15, 0.2) is 0 Å². The molecule has 0 saturated carbocycles. The van der Waals surface area contributed by atoms with E-state index >= 15 is 0 Å². The number of aryl methyl sites for hydroxylation is 1. The van der Waals surface area contributed by atoms with Crippen LogP contribution in [0.2, 0.25) is 0 Å². The van der Waals surface area contributed by atoms with Crippen LogP contribution >= 0.6 is 0 Å². The lowest BCUT2D eigenvalue weighted by Gasteiger charge is -2.14. The van der Waals surface area contributed by atoms with Crippen molar-refractivity contribution in [3.05, 3.63) is 70.1 Å². The van der Waals surface area contributed by atoms with Gasteiger partial charge in [-0.05, 0) is 38.1 Å². The van der Waals surface area contributed by atoms with Gasteiger partial charge in [0.05, 0.1) is 10.5 Å². The fourth-order valence-electron chi connectivity index (χ4n) is 2.71. The highest BCUT2D eigenvalue weighted by molar-refractivity contribution is 7.89. The number of carbonyl (C=O) groups excluding carboxylic acids is 1. The number of benzene rings is 2. The summed E-state index contributed by atoms with van der Waals surface area (Å²) in [4.78, 5) is 23.7. The first-order chi connectivity index (χ1) is 14.4. The van der Waals surface area contributed by atoms with Gasteiger partial charge in [0, 0.05) is 17.5 Å². The Hall–Kier alpha value is -3.18. The fourth-order valence-corrected chi connectivity index (χ4v) is 3.90. The van der Waals surface area contributed by atoms with E-state index < -0.39 is 45.0 Å². The number of halogens is 3. The highest BCUT2D eigenvalue weighted by atomic mass is 32.2. The van der Waals surface area contributed by atoms with Crippen LogP contribution in [0, 0.1) is 6.92 Å².